The highest BCUT2D eigenvalue weighted by Crippen LogP contribution is 2.56. The summed E-state index contributed by atoms with van der Waals surface area (Å²) in [4.78, 5) is 43.5. The van der Waals surface area contributed by atoms with Crippen LogP contribution in [0.15, 0.2) is 34.8 Å². The van der Waals surface area contributed by atoms with Crippen LogP contribution >= 0.6 is 0 Å². The maximum atomic E-state index is 14.0. The molecule has 5 rings (SSSR count). The fourth-order valence-corrected chi connectivity index (χ4v) is 7.58. The van der Waals surface area contributed by atoms with Gasteiger partial charge in [-0.3, -0.25) is 19.3 Å². The first-order chi connectivity index (χ1) is 19.8. The lowest BCUT2D eigenvalue weighted by atomic mass is 9.55. The Morgan fingerprint density at radius 1 is 1.17 bits per heavy atom. The third-order valence-corrected chi connectivity index (χ3v) is 9.62. The standard InChI is InChI=1S/C30H40N4O8/c1-5-10-34-11-8-14(9-12-34)32-16-7-6-15-13(2)17-19(24(36)18(15)23(16)35)27(39)30(42)21(25(17)37)22(33(3)4)26(38)20(28(30)40)29(31)41/h6-7,13-14,17,21-22,25,32,35,37-39,42H,5,8-12H2,1-4H3,(H2,31,41)/t13-,17?,21?,22-,25-,30-/m0/s1. The molecule has 1 aliphatic heterocycles. The van der Waals surface area contributed by atoms with Crippen molar-refractivity contribution < 1.29 is 39.9 Å². The number of anilines is 1. The molecule has 1 aromatic carbocycles. The number of fused-ring (bicyclic) bond motifs is 3. The number of phenolic OH excluding ortho intramolecular Hbond substituents is 1. The number of carbonyl (C=O) groups is 3. The zero-order valence-corrected chi connectivity index (χ0v) is 24.3. The van der Waals surface area contributed by atoms with E-state index in [9.17, 15) is 39.9 Å². The number of primary amides is 1. The van der Waals surface area contributed by atoms with E-state index in [0.29, 0.717) is 11.3 Å². The van der Waals surface area contributed by atoms with Gasteiger partial charge in [0.15, 0.2) is 11.4 Å². The van der Waals surface area contributed by atoms with Crippen molar-refractivity contribution in [3.63, 3.8) is 0 Å². The van der Waals surface area contributed by atoms with E-state index in [0.717, 1.165) is 38.9 Å². The largest absolute Gasteiger partial charge is 0.510 e. The van der Waals surface area contributed by atoms with Crippen molar-refractivity contribution in [3.05, 3.63) is 45.9 Å². The maximum Gasteiger partial charge on any atom is 0.255 e. The van der Waals surface area contributed by atoms with Crippen LogP contribution in [0.1, 0.15) is 54.9 Å². The van der Waals surface area contributed by atoms with Crippen molar-refractivity contribution in [1.29, 1.82) is 0 Å². The number of rotatable bonds is 6. The number of amides is 1. The van der Waals surface area contributed by atoms with Gasteiger partial charge in [0.1, 0.15) is 22.8 Å². The molecule has 1 fully saturated rings. The number of piperidine rings is 1. The number of hydrogen-bond donors (Lipinski definition) is 7. The molecular weight excluding hydrogens is 544 g/mol. The Bertz CT molecular complexity index is 1400. The zero-order chi connectivity index (χ0) is 30.8. The number of nitrogens with two attached hydrogens (primary N) is 1. The van der Waals surface area contributed by atoms with Gasteiger partial charge in [-0.1, -0.05) is 19.9 Å². The predicted molar refractivity (Wildman–Crippen MR) is 153 cm³/mol. The maximum absolute atomic E-state index is 14.0. The first-order valence-electron chi connectivity index (χ1n) is 14.4. The summed E-state index contributed by atoms with van der Waals surface area (Å²) in [5, 5.41) is 60.6. The summed E-state index contributed by atoms with van der Waals surface area (Å²) in [6.07, 6.45) is 1.16. The Kier molecular flexibility index (Phi) is 7.63. The normalized spacial score (nSPS) is 32.1. The van der Waals surface area contributed by atoms with Crippen molar-refractivity contribution >= 4 is 23.2 Å². The lowest BCUT2D eigenvalue weighted by Crippen LogP contribution is -2.68. The molecular formula is C30H40N4O8. The third-order valence-electron chi connectivity index (χ3n) is 9.62. The molecule has 12 heteroatoms. The molecule has 12 nitrogen and oxygen atoms in total. The average Bonchev–Trinajstić information content (AvgIpc) is 2.92. The molecule has 1 amide bonds. The molecule has 0 bridgehead atoms. The number of aliphatic hydroxyl groups is 4. The van der Waals surface area contributed by atoms with Crippen LogP contribution in [-0.4, -0.2) is 110 Å². The zero-order valence-electron chi connectivity index (χ0n) is 24.3. The van der Waals surface area contributed by atoms with E-state index in [2.05, 4.69) is 17.1 Å². The molecule has 1 aromatic rings. The Morgan fingerprint density at radius 3 is 2.38 bits per heavy atom. The molecule has 0 saturated carbocycles. The second-order valence-corrected chi connectivity index (χ2v) is 12.2. The van der Waals surface area contributed by atoms with E-state index >= 15 is 0 Å². The van der Waals surface area contributed by atoms with Crippen molar-refractivity contribution in [2.24, 2.45) is 17.6 Å². The summed E-state index contributed by atoms with van der Waals surface area (Å²) < 4.78 is 0. The number of benzene rings is 1. The topological polar surface area (TPSA) is 197 Å². The molecule has 0 radical (unpaired) electrons. The predicted octanol–water partition coefficient (Wildman–Crippen LogP) is 0.939. The van der Waals surface area contributed by atoms with Gasteiger partial charge in [-0.25, -0.2) is 0 Å². The van der Waals surface area contributed by atoms with Gasteiger partial charge in [0, 0.05) is 30.6 Å². The summed E-state index contributed by atoms with van der Waals surface area (Å²) in [7, 11) is 3.01. The lowest BCUT2D eigenvalue weighted by Gasteiger charge is -2.53. The van der Waals surface area contributed by atoms with E-state index < -0.39 is 75.6 Å². The molecule has 42 heavy (non-hydrogen) atoms. The highest BCUT2D eigenvalue weighted by atomic mass is 16.4. The number of hydrogen-bond acceptors (Lipinski definition) is 11. The molecule has 0 aromatic heterocycles. The number of aliphatic hydroxyl groups excluding tert-OH is 3. The molecule has 0 spiro atoms. The van der Waals surface area contributed by atoms with Gasteiger partial charge in [-0.2, -0.15) is 0 Å². The molecule has 4 aliphatic rings. The summed E-state index contributed by atoms with van der Waals surface area (Å²) in [6.45, 7) is 6.69. The second-order valence-electron chi connectivity index (χ2n) is 12.2. The molecule has 2 unspecified atom stereocenters. The molecule has 6 atom stereocenters. The molecule has 3 aliphatic carbocycles. The number of nitrogens with zero attached hydrogens (tertiary/aromatic N) is 2. The third kappa shape index (κ3) is 4.23. The Balaban J connectivity index is 1.59. The number of likely N-dealkylation sites (tertiary alicyclic amines) is 1. The number of aromatic hydroxyl groups is 1. The van der Waals surface area contributed by atoms with Gasteiger partial charge in [0.2, 0.25) is 5.78 Å². The molecule has 228 valence electrons. The van der Waals surface area contributed by atoms with E-state index in [1.165, 1.54) is 19.0 Å². The van der Waals surface area contributed by atoms with E-state index in [1.807, 2.05) is 0 Å². The van der Waals surface area contributed by atoms with Crippen molar-refractivity contribution in [2.75, 3.05) is 39.0 Å². The minimum absolute atomic E-state index is 0.0750. The van der Waals surface area contributed by atoms with Crippen LogP contribution in [0, 0.1) is 11.8 Å². The Labute approximate surface area is 244 Å². The fraction of sp³-hybridized carbons (Fsp3) is 0.567. The van der Waals surface area contributed by atoms with Gasteiger partial charge < -0.3 is 41.5 Å². The van der Waals surface area contributed by atoms with Crippen LogP contribution in [0.4, 0.5) is 5.69 Å². The first kappa shape index (κ1) is 30.0. The van der Waals surface area contributed by atoms with Crippen LogP contribution in [0.25, 0.3) is 0 Å². The summed E-state index contributed by atoms with van der Waals surface area (Å²) >= 11 is 0. The first-order valence-corrected chi connectivity index (χ1v) is 14.4. The highest BCUT2D eigenvalue weighted by Gasteiger charge is 2.67. The van der Waals surface area contributed by atoms with Gasteiger partial charge in [0.05, 0.1) is 29.3 Å². The number of nitrogens with one attached hydrogen (secondary N) is 1. The fourth-order valence-electron chi connectivity index (χ4n) is 7.58. The molecule has 1 heterocycles. The van der Waals surface area contributed by atoms with Crippen LogP contribution in [-0.2, 0) is 9.59 Å². The van der Waals surface area contributed by atoms with E-state index in [1.54, 1.807) is 19.1 Å². The number of ketones is 2. The summed E-state index contributed by atoms with van der Waals surface area (Å²) in [6, 6.07) is 2.18. The quantitative estimate of drug-likeness (QED) is 0.186. The van der Waals surface area contributed by atoms with Gasteiger partial charge in [-0.15, -0.1) is 0 Å². The average molecular weight is 585 g/mol. The van der Waals surface area contributed by atoms with E-state index in [-0.39, 0.29) is 17.4 Å². The lowest BCUT2D eigenvalue weighted by molar-refractivity contribution is -0.162. The van der Waals surface area contributed by atoms with Crippen LogP contribution < -0.4 is 11.1 Å². The van der Waals surface area contributed by atoms with Crippen LogP contribution in [0.2, 0.25) is 0 Å². The molecule has 8 N–H and O–H groups in total. The number of Topliss-reactive ketones (excluding diaryl/α,β-unsaturated/α-hetero) is 2. The van der Waals surface area contributed by atoms with Gasteiger partial charge in [0.25, 0.3) is 5.91 Å². The smallest absolute Gasteiger partial charge is 0.255 e. The second kappa shape index (κ2) is 10.7. The summed E-state index contributed by atoms with van der Waals surface area (Å²) in [5.74, 6) is -8.92. The van der Waals surface area contributed by atoms with Crippen LogP contribution in [0.5, 0.6) is 5.75 Å². The Hall–Kier alpha value is -3.45. The Morgan fingerprint density at radius 2 is 1.81 bits per heavy atom. The van der Waals surface area contributed by atoms with Gasteiger partial charge in [-0.05, 0) is 57.5 Å². The van der Waals surface area contributed by atoms with Crippen LogP contribution in [0.3, 0.4) is 0 Å². The molecule has 1 saturated heterocycles. The minimum atomic E-state index is -2.93. The van der Waals surface area contributed by atoms with Crippen molar-refractivity contribution in [2.45, 2.75) is 62.8 Å². The number of carbonyl (C=O) groups excluding carboxylic acids is 3. The number of phenols is 1. The minimum Gasteiger partial charge on any atom is -0.510 e. The highest BCUT2D eigenvalue weighted by molar-refractivity contribution is 6.25. The number of likely N-dealkylation sites (N-methyl/N-ethyl adjacent to an activating group) is 1. The van der Waals surface area contributed by atoms with Crippen molar-refractivity contribution in [3.8, 4) is 5.75 Å². The monoisotopic (exact) mass is 584 g/mol. The summed E-state index contributed by atoms with van der Waals surface area (Å²) in [5.41, 5.74) is 1.80. The SMILES string of the molecule is CCCN1CCC(Nc2ccc3c(c2O)C(=O)C2=C(O)[C@]4(O)C(=O)C(C(N)=O)=C(O)[C@@H](N(C)C)C4[C@@H](O)C2[C@H]3C)CC1. The van der Waals surface area contributed by atoms with E-state index in [4.69, 9.17) is 5.73 Å². The van der Waals surface area contributed by atoms with Gasteiger partial charge >= 0.3 is 0 Å². The van der Waals surface area contributed by atoms with Crippen molar-refractivity contribution in [1.82, 2.24) is 9.80 Å².